The number of hydrogen-bond donors (Lipinski definition) is 2. The molecule has 0 unspecified atom stereocenters. The largest absolute Gasteiger partial charge is 0.378 e. The summed E-state index contributed by atoms with van der Waals surface area (Å²) in [7, 11) is 0. The van der Waals surface area contributed by atoms with Crippen LogP contribution in [-0.4, -0.2) is 73.5 Å². The molecular weight excluding hydrogens is 328 g/mol. The van der Waals surface area contributed by atoms with Crippen LogP contribution in [0.15, 0.2) is 0 Å². The van der Waals surface area contributed by atoms with Gasteiger partial charge in [0.25, 0.3) is 5.92 Å². The Bertz CT molecular complexity index is 345. The fourth-order valence-corrected chi connectivity index (χ4v) is 2.23. The molecule has 0 atom stereocenters. The average molecular weight is 348 g/mol. The third-order valence-corrected chi connectivity index (χ3v) is 3.58. The maximum Gasteiger partial charge on any atom is 0.277 e. The smallest absolute Gasteiger partial charge is 0.277 e. The van der Waals surface area contributed by atoms with Crippen molar-refractivity contribution in [2.75, 3.05) is 50.9 Å². The lowest BCUT2D eigenvalue weighted by Gasteiger charge is -2.26. The van der Waals surface area contributed by atoms with Crippen LogP contribution in [0.5, 0.6) is 0 Å². The number of nitrogens with zero attached hydrogens (tertiary/aromatic N) is 1. The van der Waals surface area contributed by atoms with Crippen LogP contribution in [0.25, 0.3) is 0 Å². The number of carbonyl (C=O) groups excluding carboxylic acids is 2. The van der Waals surface area contributed by atoms with Crippen molar-refractivity contribution in [2.45, 2.75) is 5.92 Å². The summed E-state index contributed by atoms with van der Waals surface area (Å²) in [5.41, 5.74) is 4.85. The molecule has 0 aromatic rings. The fourth-order valence-electron chi connectivity index (χ4n) is 1.49. The third kappa shape index (κ3) is 8.40. The number of morpholine rings is 1. The van der Waals surface area contributed by atoms with E-state index in [9.17, 15) is 18.4 Å². The third-order valence-electron chi connectivity index (χ3n) is 2.67. The Morgan fingerprint density at radius 2 is 1.90 bits per heavy atom. The molecule has 0 aromatic heterocycles. The molecule has 6 nitrogen and oxygen atoms in total. The van der Waals surface area contributed by atoms with E-state index in [1.165, 1.54) is 0 Å². The number of nitrogens with two attached hydrogens (primary N) is 1. The van der Waals surface area contributed by atoms with Crippen LogP contribution in [0.2, 0.25) is 0 Å². The second-order valence-corrected chi connectivity index (χ2v) is 5.31. The molecule has 0 aliphatic carbocycles. The molecule has 0 spiro atoms. The van der Waals surface area contributed by atoms with Gasteiger partial charge in [0.1, 0.15) is 0 Å². The van der Waals surface area contributed by atoms with Gasteiger partial charge in [-0.15, -0.1) is 24.2 Å². The molecule has 1 aliphatic rings. The molecule has 0 saturated carbocycles. The second kappa shape index (κ2) is 10.1. The summed E-state index contributed by atoms with van der Waals surface area (Å²) < 4.78 is 30.7. The molecule has 0 aromatic carbocycles. The summed E-state index contributed by atoms with van der Waals surface area (Å²) in [6.07, 6.45) is 0. The first-order chi connectivity index (χ1) is 9.44. The number of amides is 2. The van der Waals surface area contributed by atoms with E-state index in [-0.39, 0.29) is 29.8 Å². The number of thioether (sulfide) groups is 1. The van der Waals surface area contributed by atoms with Crippen LogP contribution in [-0.2, 0) is 14.3 Å². The Hall–Kier alpha value is -0.640. The topological polar surface area (TPSA) is 84.7 Å². The van der Waals surface area contributed by atoms with Crippen LogP contribution < -0.4 is 11.1 Å². The van der Waals surface area contributed by atoms with Gasteiger partial charge in [-0.25, -0.2) is 8.78 Å². The zero-order chi connectivity index (χ0) is 15.0. The summed E-state index contributed by atoms with van der Waals surface area (Å²) in [5.74, 6) is -3.57. The van der Waals surface area contributed by atoms with E-state index in [4.69, 9.17) is 10.5 Å². The zero-order valence-corrected chi connectivity index (χ0v) is 13.1. The fraction of sp³-hybridized carbons (Fsp3) is 0.818. The van der Waals surface area contributed by atoms with Gasteiger partial charge < -0.3 is 20.7 Å². The van der Waals surface area contributed by atoms with Gasteiger partial charge in [0, 0.05) is 13.1 Å². The van der Waals surface area contributed by atoms with Crippen LogP contribution in [0.3, 0.4) is 0 Å². The van der Waals surface area contributed by atoms with E-state index < -0.39 is 24.9 Å². The Labute approximate surface area is 132 Å². The molecule has 2 amide bonds. The SMILES string of the molecule is Cl.NCC(F)(F)CNC(=O)CSCC(=O)N1CCOCC1. The molecule has 3 N–H and O–H groups in total. The number of hydrogen-bond acceptors (Lipinski definition) is 5. The molecule has 1 saturated heterocycles. The standard InChI is InChI=1S/C11H19F2N3O3S.ClH/c12-11(13,7-14)8-15-9(17)5-20-6-10(18)16-1-3-19-4-2-16;/h1-8,14H2,(H,15,17);1H. The van der Waals surface area contributed by atoms with Crippen molar-refractivity contribution in [2.24, 2.45) is 5.73 Å². The van der Waals surface area contributed by atoms with E-state index in [0.717, 1.165) is 11.8 Å². The quantitative estimate of drug-likeness (QED) is 0.661. The highest BCUT2D eigenvalue weighted by Crippen LogP contribution is 2.09. The van der Waals surface area contributed by atoms with E-state index in [0.29, 0.717) is 26.3 Å². The van der Waals surface area contributed by atoms with Gasteiger partial charge in [0.05, 0.1) is 37.8 Å². The van der Waals surface area contributed by atoms with Crippen LogP contribution in [0.4, 0.5) is 8.78 Å². The zero-order valence-electron chi connectivity index (χ0n) is 11.5. The monoisotopic (exact) mass is 347 g/mol. The summed E-state index contributed by atoms with van der Waals surface area (Å²) in [4.78, 5) is 24.7. The van der Waals surface area contributed by atoms with Gasteiger partial charge in [0.15, 0.2) is 0 Å². The van der Waals surface area contributed by atoms with Crippen molar-refractivity contribution in [1.29, 1.82) is 0 Å². The highest BCUT2D eigenvalue weighted by atomic mass is 35.5. The Balaban J connectivity index is 0.00000400. The average Bonchev–Trinajstić information content (AvgIpc) is 2.46. The molecule has 10 heteroatoms. The van der Waals surface area contributed by atoms with Crippen molar-refractivity contribution in [3.05, 3.63) is 0 Å². The van der Waals surface area contributed by atoms with Crippen molar-refractivity contribution in [3.63, 3.8) is 0 Å². The lowest BCUT2D eigenvalue weighted by molar-refractivity contribution is -0.132. The van der Waals surface area contributed by atoms with Gasteiger partial charge in [-0.05, 0) is 0 Å². The van der Waals surface area contributed by atoms with Crippen molar-refractivity contribution in [3.8, 4) is 0 Å². The number of ether oxygens (including phenoxy) is 1. The summed E-state index contributed by atoms with van der Waals surface area (Å²) in [6, 6.07) is 0. The molecule has 1 rings (SSSR count). The minimum absolute atomic E-state index is 0. The molecule has 1 heterocycles. The minimum Gasteiger partial charge on any atom is -0.378 e. The van der Waals surface area contributed by atoms with Crippen molar-refractivity contribution in [1.82, 2.24) is 10.2 Å². The number of rotatable bonds is 7. The molecular formula is C11H20ClF2N3O3S. The maximum atomic E-state index is 12.8. The minimum atomic E-state index is -3.09. The second-order valence-electron chi connectivity index (χ2n) is 4.32. The molecule has 124 valence electrons. The van der Waals surface area contributed by atoms with E-state index in [2.05, 4.69) is 5.32 Å². The number of carbonyl (C=O) groups is 2. The Kier molecular flexibility index (Phi) is 9.84. The van der Waals surface area contributed by atoms with E-state index in [1.54, 1.807) is 4.90 Å². The summed E-state index contributed by atoms with van der Waals surface area (Å²) in [5, 5.41) is 2.09. The highest BCUT2D eigenvalue weighted by Gasteiger charge is 2.27. The first-order valence-corrected chi connectivity index (χ1v) is 7.38. The maximum absolute atomic E-state index is 12.8. The number of halogens is 3. The lowest BCUT2D eigenvalue weighted by Crippen LogP contribution is -2.43. The van der Waals surface area contributed by atoms with Gasteiger partial charge in [0.2, 0.25) is 11.8 Å². The normalized spacial score (nSPS) is 15.3. The molecule has 0 bridgehead atoms. The summed E-state index contributed by atoms with van der Waals surface area (Å²) >= 11 is 1.10. The highest BCUT2D eigenvalue weighted by molar-refractivity contribution is 8.00. The number of nitrogens with one attached hydrogen (secondary N) is 1. The van der Waals surface area contributed by atoms with Gasteiger partial charge in [-0.3, -0.25) is 9.59 Å². The predicted molar refractivity (Wildman–Crippen MR) is 79.0 cm³/mol. The van der Waals surface area contributed by atoms with Crippen molar-refractivity contribution < 1.29 is 23.1 Å². The Morgan fingerprint density at radius 3 is 2.48 bits per heavy atom. The van der Waals surface area contributed by atoms with Crippen LogP contribution >= 0.6 is 24.2 Å². The first kappa shape index (κ1) is 20.4. The van der Waals surface area contributed by atoms with Crippen molar-refractivity contribution >= 4 is 36.0 Å². The van der Waals surface area contributed by atoms with Gasteiger partial charge in [-0.2, -0.15) is 0 Å². The van der Waals surface area contributed by atoms with E-state index >= 15 is 0 Å². The number of alkyl halides is 2. The predicted octanol–water partition coefficient (Wildman–Crippen LogP) is -0.290. The Morgan fingerprint density at radius 1 is 1.29 bits per heavy atom. The molecule has 1 aliphatic heterocycles. The van der Waals surface area contributed by atoms with Gasteiger partial charge in [-0.1, -0.05) is 0 Å². The van der Waals surface area contributed by atoms with Crippen LogP contribution in [0.1, 0.15) is 0 Å². The molecule has 1 fully saturated rings. The lowest BCUT2D eigenvalue weighted by atomic mass is 10.3. The van der Waals surface area contributed by atoms with Gasteiger partial charge >= 0.3 is 0 Å². The molecule has 21 heavy (non-hydrogen) atoms. The summed E-state index contributed by atoms with van der Waals surface area (Å²) in [6.45, 7) is 0.551. The molecule has 0 radical (unpaired) electrons. The van der Waals surface area contributed by atoms with E-state index in [1.807, 2.05) is 0 Å². The first-order valence-electron chi connectivity index (χ1n) is 6.22. The van der Waals surface area contributed by atoms with Crippen LogP contribution in [0, 0.1) is 0 Å².